The number of benzene rings is 1. The summed E-state index contributed by atoms with van der Waals surface area (Å²) in [4.78, 5) is 21.1. The van der Waals surface area contributed by atoms with Crippen molar-refractivity contribution < 1.29 is 9.53 Å². The largest absolute Gasteiger partial charge is 0.378 e. The van der Waals surface area contributed by atoms with Gasteiger partial charge in [0.25, 0.3) is 0 Å². The molecule has 4 aliphatic carbocycles. The average Bonchev–Trinajstić information content (AvgIpc) is 3.08. The van der Waals surface area contributed by atoms with E-state index in [1.807, 2.05) is 18.2 Å². The fraction of sp³-hybridized carbons (Fsp3) is 0.680. The van der Waals surface area contributed by atoms with E-state index in [1.165, 1.54) is 51.4 Å². The normalized spacial score (nSPS) is 35.1. The van der Waals surface area contributed by atoms with Crippen LogP contribution in [0.5, 0.6) is 0 Å². The van der Waals surface area contributed by atoms with Gasteiger partial charge in [-0.2, -0.15) is 0 Å². The summed E-state index contributed by atoms with van der Waals surface area (Å²) in [6.45, 7) is 0.866. The average molecular weight is 408 g/mol. The molecule has 2 aromatic rings. The number of aromatic amines is 1. The van der Waals surface area contributed by atoms with Crippen LogP contribution < -0.4 is 5.32 Å². The molecule has 5 fully saturated rings. The molecule has 4 saturated carbocycles. The number of fused-ring (bicyclic) bond motifs is 1. The van der Waals surface area contributed by atoms with Crippen LogP contribution in [0.2, 0.25) is 0 Å². The molecule has 5 nitrogen and oxygen atoms in total. The quantitative estimate of drug-likeness (QED) is 0.714. The third kappa shape index (κ3) is 3.66. The number of aromatic nitrogens is 2. The number of nitrogens with zero attached hydrogens (tertiary/aromatic N) is 1. The summed E-state index contributed by atoms with van der Waals surface area (Å²) >= 11 is 0. The van der Waals surface area contributed by atoms with Crippen LogP contribution in [0.15, 0.2) is 18.2 Å². The Morgan fingerprint density at radius 2 is 1.90 bits per heavy atom. The third-order valence-corrected chi connectivity index (χ3v) is 8.21. The summed E-state index contributed by atoms with van der Waals surface area (Å²) in [5, 5.41) is 3.18. The van der Waals surface area contributed by atoms with Gasteiger partial charge in [0, 0.05) is 25.1 Å². The molecule has 5 heteroatoms. The molecular formula is C25H33N3O2. The van der Waals surface area contributed by atoms with Gasteiger partial charge in [0.15, 0.2) is 0 Å². The SMILES string of the molecule is O=C(CC12CC3CC(CC(C3)C1)C2)Nc1ccc2[nH]c(CC3CCCCO3)nc2c1. The lowest BCUT2D eigenvalue weighted by molar-refractivity contribution is -0.124. The van der Waals surface area contributed by atoms with Crippen molar-refractivity contribution in [3.8, 4) is 0 Å². The zero-order valence-corrected chi connectivity index (χ0v) is 17.8. The van der Waals surface area contributed by atoms with Gasteiger partial charge < -0.3 is 15.0 Å². The first kappa shape index (κ1) is 18.9. The Kier molecular flexibility index (Phi) is 4.63. The number of ether oxygens (including phenoxy) is 1. The molecule has 2 N–H and O–H groups in total. The smallest absolute Gasteiger partial charge is 0.224 e. The monoisotopic (exact) mass is 407 g/mol. The van der Waals surface area contributed by atoms with Gasteiger partial charge in [0.05, 0.1) is 17.1 Å². The highest BCUT2D eigenvalue weighted by Gasteiger charge is 2.51. The fourth-order valence-corrected chi connectivity index (χ4v) is 7.47. The number of carbonyl (C=O) groups excluding carboxylic acids is 1. The van der Waals surface area contributed by atoms with Crippen LogP contribution in [0.1, 0.15) is 70.0 Å². The number of carbonyl (C=O) groups is 1. The highest BCUT2D eigenvalue weighted by atomic mass is 16.5. The van der Waals surface area contributed by atoms with Crippen molar-refractivity contribution in [2.24, 2.45) is 23.2 Å². The summed E-state index contributed by atoms with van der Waals surface area (Å²) in [7, 11) is 0. The number of anilines is 1. The van der Waals surface area contributed by atoms with Gasteiger partial charge in [-0.3, -0.25) is 4.79 Å². The molecule has 1 amide bonds. The first-order valence-electron chi connectivity index (χ1n) is 12.0. The van der Waals surface area contributed by atoms with Crippen molar-refractivity contribution in [1.82, 2.24) is 9.97 Å². The minimum Gasteiger partial charge on any atom is -0.378 e. The Bertz CT molecular complexity index is 908. The zero-order chi connectivity index (χ0) is 20.1. The second-order valence-corrected chi connectivity index (χ2v) is 10.8. The minimum absolute atomic E-state index is 0.183. The fourth-order valence-electron chi connectivity index (χ4n) is 7.47. The number of imidazole rings is 1. The third-order valence-electron chi connectivity index (χ3n) is 8.21. The van der Waals surface area contributed by atoms with Crippen molar-refractivity contribution in [3.05, 3.63) is 24.0 Å². The highest BCUT2D eigenvalue weighted by Crippen LogP contribution is 2.61. The van der Waals surface area contributed by atoms with Gasteiger partial charge in [0.1, 0.15) is 5.82 Å². The van der Waals surface area contributed by atoms with Crippen molar-refractivity contribution >= 4 is 22.6 Å². The summed E-state index contributed by atoms with van der Waals surface area (Å²) in [5.41, 5.74) is 3.10. The number of nitrogens with one attached hydrogen (secondary N) is 2. The number of hydrogen-bond acceptors (Lipinski definition) is 3. The van der Waals surface area contributed by atoms with Crippen LogP contribution in [-0.2, 0) is 16.0 Å². The molecule has 160 valence electrons. The predicted molar refractivity (Wildman–Crippen MR) is 117 cm³/mol. The molecule has 1 unspecified atom stereocenters. The molecule has 30 heavy (non-hydrogen) atoms. The van der Waals surface area contributed by atoms with E-state index in [-0.39, 0.29) is 17.4 Å². The first-order chi connectivity index (χ1) is 14.6. The summed E-state index contributed by atoms with van der Waals surface area (Å²) in [6.07, 6.45) is 13.4. The molecule has 4 bridgehead atoms. The number of hydrogen-bond donors (Lipinski definition) is 2. The second-order valence-electron chi connectivity index (χ2n) is 10.8. The topological polar surface area (TPSA) is 67.0 Å². The number of H-pyrrole nitrogens is 1. The van der Waals surface area contributed by atoms with Crippen LogP contribution in [0.25, 0.3) is 11.0 Å². The Balaban J connectivity index is 1.12. The maximum Gasteiger partial charge on any atom is 0.224 e. The van der Waals surface area contributed by atoms with Crippen molar-refractivity contribution in [2.45, 2.75) is 76.7 Å². The van der Waals surface area contributed by atoms with Gasteiger partial charge >= 0.3 is 0 Å². The molecular weight excluding hydrogens is 374 g/mol. The molecule has 1 aromatic carbocycles. The van der Waals surface area contributed by atoms with Crippen LogP contribution in [0.3, 0.4) is 0 Å². The number of rotatable bonds is 5. The van der Waals surface area contributed by atoms with Crippen LogP contribution in [0, 0.1) is 23.2 Å². The summed E-state index contributed by atoms with van der Waals surface area (Å²) in [6, 6.07) is 6.04. The lowest BCUT2D eigenvalue weighted by Crippen LogP contribution is -2.47. The highest BCUT2D eigenvalue weighted by molar-refractivity contribution is 5.93. The molecule has 0 radical (unpaired) electrons. The van der Waals surface area contributed by atoms with Gasteiger partial charge in [-0.15, -0.1) is 0 Å². The van der Waals surface area contributed by atoms with E-state index in [0.29, 0.717) is 6.42 Å². The molecule has 1 atom stereocenters. The van der Waals surface area contributed by atoms with E-state index in [0.717, 1.165) is 59.7 Å². The summed E-state index contributed by atoms with van der Waals surface area (Å²) < 4.78 is 5.85. The maximum atomic E-state index is 12.9. The molecule has 0 spiro atoms. The molecule has 1 saturated heterocycles. The van der Waals surface area contributed by atoms with E-state index in [1.54, 1.807) is 0 Å². The van der Waals surface area contributed by atoms with E-state index in [4.69, 9.17) is 9.72 Å². The lowest BCUT2D eigenvalue weighted by atomic mass is 9.49. The van der Waals surface area contributed by atoms with Crippen LogP contribution in [0.4, 0.5) is 5.69 Å². The lowest BCUT2D eigenvalue weighted by Gasteiger charge is -2.56. The standard InChI is InChI=1S/C25H33N3O2/c29-24(15-25-12-16-7-17(13-25)9-18(8-16)14-25)26-19-4-5-21-22(10-19)28-23(27-21)11-20-3-1-2-6-30-20/h4-5,10,16-18,20H,1-3,6-9,11-15H2,(H,26,29)(H,27,28). The van der Waals surface area contributed by atoms with Crippen molar-refractivity contribution in [3.63, 3.8) is 0 Å². The van der Waals surface area contributed by atoms with Crippen LogP contribution >= 0.6 is 0 Å². The Morgan fingerprint density at radius 3 is 2.60 bits per heavy atom. The molecule has 7 rings (SSSR count). The summed E-state index contributed by atoms with van der Waals surface area (Å²) in [5.74, 6) is 3.82. The first-order valence-corrected chi connectivity index (χ1v) is 12.0. The van der Waals surface area contributed by atoms with Crippen molar-refractivity contribution in [1.29, 1.82) is 0 Å². The molecule has 1 aromatic heterocycles. The Labute approximate surface area is 178 Å². The zero-order valence-electron chi connectivity index (χ0n) is 17.8. The van der Waals surface area contributed by atoms with Gasteiger partial charge in [-0.1, -0.05) is 0 Å². The van der Waals surface area contributed by atoms with E-state index >= 15 is 0 Å². The van der Waals surface area contributed by atoms with E-state index in [9.17, 15) is 4.79 Å². The van der Waals surface area contributed by atoms with Crippen molar-refractivity contribution in [2.75, 3.05) is 11.9 Å². The number of amides is 1. The predicted octanol–water partition coefficient (Wildman–Crippen LogP) is 5.22. The molecule has 5 aliphatic rings. The molecule has 1 aliphatic heterocycles. The minimum atomic E-state index is 0.183. The Hall–Kier alpha value is -1.88. The second kappa shape index (κ2) is 7.37. The maximum absolute atomic E-state index is 12.9. The Morgan fingerprint density at radius 1 is 1.13 bits per heavy atom. The molecule has 2 heterocycles. The van der Waals surface area contributed by atoms with Crippen LogP contribution in [-0.4, -0.2) is 28.6 Å². The van der Waals surface area contributed by atoms with E-state index in [2.05, 4.69) is 10.3 Å². The van der Waals surface area contributed by atoms with Gasteiger partial charge in [-0.25, -0.2) is 4.98 Å². The van der Waals surface area contributed by atoms with Gasteiger partial charge in [0.2, 0.25) is 5.91 Å². The van der Waals surface area contributed by atoms with E-state index < -0.39 is 0 Å². The van der Waals surface area contributed by atoms with Gasteiger partial charge in [-0.05, 0) is 99.2 Å².